The molecule has 82 valence electrons. The predicted molar refractivity (Wildman–Crippen MR) is 58.1 cm³/mol. The lowest BCUT2D eigenvalue weighted by atomic mass is 10.4. The maximum Gasteiger partial charge on any atom is 0.327 e. The number of anilines is 2. The number of pyridine rings is 1. The summed E-state index contributed by atoms with van der Waals surface area (Å²) in [5.74, 6) is 0.797. The van der Waals surface area contributed by atoms with Crippen LogP contribution in [0.3, 0.4) is 0 Å². The van der Waals surface area contributed by atoms with Crippen LogP contribution in [0.2, 0.25) is 0 Å². The van der Waals surface area contributed by atoms with Crippen LogP contribution in [0.1, 0.15) is 5.69 Å². The molecule has 0 aromatic carbocycles. The van der Waals surface area contributed by atoms with Crippen molar-refractivity contribution < 1.29 is 9.21 Å². The first kappa shape index (κ1) is 10.2. The Labute approximate surface area is 91.7 Å². The van der Waals surface area contributed by atoms with Crippen LogP contribution >= 0.6 is 0 Å². The number of hydrogen-bond acceptors (Lipinski definition) is 4. The van der Waals surface area contributed by atoms with Gasteiger partial charge in [0.2, 0.25) is 5.88 Å². The van der Waals surface area contributed by atoms with Crippen LogP contribution in [0.15, 0.2) is 35.2 Å². The number of aryl methyl sites for hydroxylation is 1. The number of rotatable bonds is 2. The van der Waals surface area contributed by atoms with Crippen molar-refractivity contribution in [3.05, 3.63) is 36.5 Å². The van der Waals surface area contributed by atoms with Crippen molar-refractivity contribution in [2.45, 2.75) is 6.92 Å². The van der Waals surface area contributed by atoms with Gasteiger partial charge in [-0.15, -0.1) is 0 Å². The van der Waals surface area contributed by atoms with Crippen molar-refractivity contribution >= 4 is 17.7 Å². The summed E-state index contributed by atoms with van der Waals surface area (Å²) in [7, 11) is 0. The van der Waals surface area contributed by atoms with Gasteiger partial charge in [0.05, 0.1) is 0 Å². The summed E-state index contributed by atoms with van der Waals surface area (Å²) in [5, 5.41) is 5.08. The fourth-order valence-corrected chi connectivity index (χ4v) is 1.11. The van der Waals surface area contributed by atoms with Crippen molar-refractivity contribution in [2.24, 2.45) is 0 Å². The smallest absolute Gasteiger partial charge is 0.327 e. The van der Waals surface area contributed by atoms with Gasteiger partial charge in [0.25, 0.3) is 0 Å². The molecule has 0 spiro atoms. The molecule has 0 bridgehead atoms. The van der Waals surface area contributed by atoms with Gasteiger partial charge in [-0.25, -0.2) is 14.8 Å². The third kappa shape index (κ3) is 2.35. The Morgan fingerprint density at radius 3 is 2.81 bits per heavy atom. The molecule has 2 aromatic rings. The number of carbonyl (C=O) groups excluding carboxylic acids is 1. The number of amides is 2. The van der Waals surface area contributed by atoms with Crippen molar-refractivity contribution in [3.8, 4) is 0 Å². The zero-order valence-corrected chi connectivity index (χ0v) is 8.60. The van der Waals surface area contributed by atoms with Gasteiger partial charge in [-0.05, 0) is 19.1 Å². The van der Waals surface area contributed by atoms with Gasteiger partial charge in [0.1, 0.15) is 11.5 Å². The zero-order chi connectivity index (χ0) is 11.4. The van der Waals surface area contributed by atoms with E-state index in [1.54, 1.807) is 31.3 Å². The summed E-state index contributed by atoms with van der Waals surface area (Å²) in [6.07, 6.45) is 2.86. The third-order valence-electron chi connectivity index (χ3n) is 1.88. The minimum absolute atomic E-state index is 0.327. The van der Waals surface area contributed by atoms with Crippen LogP contribution in [0.4, 0.5) is 16.5 Å². The molecule has 0 radical (unpaired) electrons. The summed E-state index contributed by atoms with van der Waals surface area (Å²) in [5.41, 5.74) is 0.621. The minimum atomic E-state index is -0.418. The van der Waals surface area contributed by atoms with Crippen LogP contribution < -0.4 is 10.6 Å². The summed E-state index contributed by atoms with van der Waals surface area (Å²) in [6.45, 7) is 1.74. The molecule has 0 aliphatic heterocycles. The normalized spacial score (nSPS) is 9.81. The summed E-state index contributed by atoms with van der Waals surface area (Å²) >= 11 is 0. The van der Waals surface area contributed by atoms with E-state index in [-0.39, 0.29) is 0 Å². The molecule has 16 heavy (non-hydrogen) atoms. The number of nitrogens with zero attached hydrogens (tertiary/aromatic N) is 2. The maximum atomic E-state index is 11.5. The number of aromatic nitrogens is 2. The molecule has 6 nitrogen and oxygen atoms in total. The molecule has 0 saturated heterocycles. The third-order valence-corrected chi connectivity index (χ3v) is 1.88. The molecule has 0 aliphatic carbocycles. The van der Waals surface area contributed by atoms with Crippen LogP contribution in [-0.2, 0) is 0 Å². The number of carbonyl (C=O) groups is 1. The largest absolute Gasteiger partial charge is 0.427 e. The Hall–Kier alpha value is -2.37. The van der Waals surface area contributed by atoms with E-state index in [2.05, 4.69) is 20.6 Å². The van der Waals surface area contributed by atoms with Crippen LogP contribution in [0, 0.1) is 6.92 Å². The molecule has 0 aliphatic rings. The summed E-state index contributed by atoms with van der Waals surface area (Å²) in [6, 6.07) is 4.82. The Morgan fingerprint density at radius 2 is 2.19 bits per heavy atom. The maximum absolute atomic E-state index is 11.5. The SMILES string of the molecule is Cc1ncoc1NC(=O)Nc1ccccn1. The molecular weight excluding hydrogens is 208 g/mol. The van der Waals surface area contributed by atoms with Crippen LogP contribution in [-0.4, -0.2) is 16.0 Å². The van der Waals surface area contributed by atoms with Gasteiger partial charge < -0.3 is 4.42 Å². The highest BCUT2D eigenvalue weighted by Crippen LogP contribution is 2.11. The van der Waals surface area contributed by atoms with E-state index in [1.165, 1.54) is 6.39 Å². The van der Waals surface area contributed by atoms with Crippen molar-refractivity contribution in [1.29, 1.82) is 0 Å². The highest BCUT2D eigenvalue weighted by Gasteiger charge is 2.08. The predicted octanol–water partition coefficient (Wildman–Crippen LogP) is 2.02. The van der Waals surface area contributed by atoms with E-state index >= 15 is 0 Å². The van der Waals surface area contributed by atoms with Crippen molar-refractivity contribution in [1.82, 2.24) is 9.97 Å². The van der Waals surface area contributed by atoms with Crippen molar-refractivity contribution in [3.63, 3.8) is 0 Å². The second kappa shape index (κ2) is 4.43. The monoisotopic (exact) mass is 218 g/mol. The lowest BCUT2D eigenvalue weighted by Gasteiger charge is -2.04. The standard InChI is InChI=1S/C10H10N4O2/c1-7-9(16-6-12-7)14-10(15)13-8-4-2-3-5-11-8/h2-6H,1H3,(H2,11,13,14,15). The Balaban J connectivity index is 1.98. The Kier molecular flexibility index (Phi) is 2.81. The molecule has 2 heterocycles. The van der Waals surface area contributed by atoms with Gasteiger partial charge in [-0.1, -0.05) is 6.07 Å². The van der Waals surface area contributed by atoms with Crippen LogP contribution in [0.25, 0.3) is 0 Å². The average Bonchev–Trinajstić information content (AvgIpc) is 2.66. The van der Waals surface area contributed by atoms with Gasteiger partial charge in [-0.3, -0.25) is 10.6 Å². The van der Waals surface area contributed by atoms with Crippen molar-refractivity contribution in [2.75, 3.05) is 10.6 Å². The molecule has 2 aromatic heterocycles. The highest BCUT2D eigenvalue weighted by atomic mass is 16.4. The molecule has 2 rings (SSSR count). The summed E-state index contributed by atoms with van der Waals surface area (Å²) < 4.78 is 4.97. The van der Waals surface area contributed by atoms with E-state index in [9.17, 15) is 4.79 Å². The molecule has 0 saturated carbocycles. The first-order chi connectivity index (χ1) is 7.75. The molecule has 2 amide bonds. The first-order valence-electron chi connectivity index (χ1n) is 4.65. The molecule has 0 atom stereocenters. The zero-order valence-electron chi connectivity index (χ0n) is 8.60. The van der Waals surface area contributed by atoms with E-state index in [0.717, 1.165) is 0 Å². The van der Waals surface area contributed by atoms with Gasteiger partial charge in [-0.2, -0.15) is 0 Å². The average molecular weight is 218 g/mol. The van der Waals surface area contributed by atoms with E-state index < -0.39 is 6.03 Å². The molecule has 2 N–H and O–H groups in total. The highest BCUT2D eigenvalue weighted by molar-refractivity contribution is 5.98. The quantitative estimate of drug-likeness (QED) is 0.808. The lowest BCUT2D eigenvalue weighted by molar-refractivity contribution is 0.261. The molecule has 6 heteroatoms. The molecular formula is C10H10N4O2. The minimum Gasteiger partial charge on any atom is -0.427 e. The number of hydrogen-bond donors (Lipinski definition) is 2. The fraction of sp³-hybridized carbons (Fsp3) is 0.100. The number of urea groups is 1. The second-order valence-corrected chi connectivity index (χ2v) is 3.06. The topological polar surface area (TPSA) is 80.0 Å². The Morgan fingerprint density at radius 1 is 1.31 bits per heavy atom. The van der Waals surface area contributed by atoms with E-state index in [4.69, 9.17) is 4.42 Å². The van der Waals surface area contributed by atoms with E-state index in [1.807, 2.05) is 0 Å². The first-order valence-corrected chi connectivity index (χ1v) is 4.65. The summed E-state index contributed by atoms with van der Waals surface area (Å²) in [4.78, 5) is 19.3. The van der Waals surface area contributed by atoms with Gasteiger partial charge >= 0.3 is 6.03 Å². The lowest BCUT2D eigenvalue weighted by Crippen LogP contribution is -2.20. The van der Waals surface area contributed by atoms with E-state index in [0.29, 0.717) is 17.4 Å². The fourth-order valence-electron chi connectivity index (χ4n) is 1.11. The van der Waals surface area contributed by atoms with Crippen LogP contribution in [0.5, 0.6) is 0 Å². The number of oxazole rings is 1. The Bertz CT molecular complexity index is 481. The van der Waals surface area contributed by atoms with Gasteiger partial charge in [0, 0.05) is 6.20 Å². The van der Waals surface area contributed by atoms with Gasteiger partial charge in [0.15, 0.2) is 6.39 Å². The molecule has 0 fully saturated rings. The number of nitrogens with one attached hydrogen (secondary N) is 2. The second-order valence-electron chi connectivity index (χ2n) is 3.06. The molecule has 0 unspecified atom stereocenters.